The maximum absolute atomic E-state index is 8.89. The molecular formula is CH3LiO2S. The Kier molecular flexibility index (Phi) is 7.71. The van der Waals surface area contributed by atoms with E-state index in [1.54, 1.807) is 0 Å². The molecule has 0 aliphatic carbocycles. The Labute approximate surface area is 45.4 Å². The van der Waals surface area contributed by atoms with Crippen molar-refractivity contribution in [2.24, 2.45) is 0 Å². The van der Waals surface area contributed by atoms with Gasteiger partial charge < -0.3 is 1.43 Å². The van der Waals surface area contributed by atoms with Crippen LogP contribution in [-0.4, -0.2) is 14.3 Å². The van der Waals surface area contributed by atoms with Gasteiger partial charge >= 0.3 is 18.9 Å². The largest absolute Gasteiger partial charge is 1.00 e. The number of hydrogen-bond acceptors (Lipinski definition) is 2. The zero-order valence-corrected chi connectivity index (χ0v) is 3.75. The summed E-state index contributed by atoms with van der Waals surface area (Å²) in [7, 11) is -2.11. The van der Waals surface area contributed by atoms with Crippen LogP contribution in [0.3, 0.4) is 0 Å². The molecule has 0 atom stereocenters. The van der Waals surface area contributed by atoms with Crippen molar-refractivity contribution in [2.75, 3.05) is 0 Å². The quantitative estimate of drug-likeness (QED) is 0.225. The first kappa shape index (κ1) is 8.99. The summed E-state index contributed by atoms with van der Waals surface area (Å²) in [6.07, 6.45) is 0. The molecule has 0 fully saturated rings. The van der Waals surface area contributed by atoms with Crippen LogP contribution in [0.25, 0.3) is 0 Å². The minimum Gasteiger partial charge on any atom is -1.00 e. The normalized spacial score (nSPS) is 4.80. The van der Waals surface area contributed by atoms with Gasteiger partial charge in [-0.2, -0.15) is 8.42 Å². The van der Waals surface area contributed by atoms with Gasteiger partial charge in [-0.15, -0.1) is 0 Å². The predicted octanol–water partition coefficient (Wildman–Crippen LogP) is -3.59. The van der Waals surface area contributed by atoms with E-state index in [9.17, 15) is 0 Å². The molecule has 0 saturated heterocycles. The molecule has 0 radical (unpaired) electrons. The smallest absolute Gasteiger partial charge is 1.00 e. The Morgan fingerprint density at radius 2 is 1.60 bits per heavy atom. The molecule has 26 valence electrons. The zero-order valence-electron chi connectivity index (χ0n) is 3.93. The molecule has 5 heavy (non-hydrogen) atoms. The monoisotopic (exact) mass is 86.0 g/mol. The van der Waals surface area contributed by atoms with Crippen LogP contribution in [0.1, 0.15) is 1.43 Å². The summed E-state index contributed by atoms with van der Waals surface area (Å²) in [5.41, 5.74) is 0. The number of rotatable bonds is 0. The molecule has 2 nitrogen and oxygen atoms in total. The van der Waals surface area contributed by atoms with E-state index >= 15 is 0 Å². The summed E-state index contributed by atoms with van der Waals surface area (Å²) >= 11 is 0. The van der Waals surface area contributed by atoms with E-state index < -0.39 is 10.3 Å². The van der Waals surface area contributed by atoms with Crippen molar-refractivity contribution >= 4 is 16.2 Å². The molecule has 0 saturated carbocycles. The molecule has 0 aliphatic rings. The molecule has 0 unspecified atom stereocenters. The third kappa shape index (κ3) is 272. The molecule has 0 spiro atoms. The van der Waals surface area contributed by atoms with Crippen LogP contribution in [-0.2, 0) is 10.3 Å². The zero-order chi connectivity index (χ0) is 3.58. The Morgan fingerprint density at radius 1 is 1.60 bits per heavy atom. The molecule has 0 aliphatic heterocycles. The fourth-order valence-corrected chi connectivity index (χ4v) is 0. The summed E-state index contributed by atoms with van der Waals surface area (Å²) in [5.74, 6) is 2.56. The van der Waals surface area contributed by atoms with Gasteiger partial charge in [-0.25, -0.2) is 0 Å². The summed E-state index contributed by atoms with van der Waals surface area (Å²) in [6.45, 7) is 0. The van der Waals surface area contributed by atoms with Crippen LogP contribution in [0, 0.1) is 0 Å². The molecule has 0 bridgehead atoms. The van der Waals surface area contributed by atoms with Crippen molar-refractivity contribution in [3.05, 3.63) is 0 Å². The molecule has 0 heterocycles. The van der Waals surface area contributed by atoms with Gasteiger partial charge in [-0.05, 0) is 0 Å². The SMILES string of the molecule is C=S(=O)=O.[H-].[Li+]. The predicted molar refractivity (Wildman–Crippen MR) is 17.2 cm³/mol. The third-order valence-electron chi connectivity index (χ3n) is 0. The Bertz CT molecular complexity index is 82.9. The first-order valence-electron chi connectivity index (χ1n) is 0.622. The maximum Gasteiger partial charge on any atom is 1.00 e. The fraction of sp³-hybridized carbons (Fsp3) is 0. The summed E-state index contributed by atoms with van der Waals surface area (Å²) in [5, 5.41) is 0. The standard InChI is InChI=1S/CH2O2S.Li.H/c1-4(2)3;;/h1H2;;/q;+1;-1. The van der Waals surface area contributed by atoms with E-state index in [2.05, 4.69) is 5.87 Å². The van der Waals surface area contributed by atoms with Crippen molar-refractivity contribution in [2.45, 2.75) is 0 Å². The summed E-state index contributed by atoms with van der Waals surface area (Å²) in [4.78, 5) is 0. The Hall–Kier alpha value is 0.287. The van der Waals surface area contributed by atoms with Crippen LogP contribution >= 0.6 is 0 Å². The first-order valence-corrected chi connectivity index (χ1v) is 1.87. The average Bonchev–Trinajstić information content (AvgIpc) is 0.811. The molecule has 4 heteroatoms. The second kappa shape index (κ2) is 4.29. The second-order valence-electron chi connectivity index (χ2n) is 0.304. The van der Waals surface area contributed by atoms with Crippen molar-refractivity contribution in [1.82, 2.24) is 0 Å². The van der Waals surface area contributed by atoms with Crippen LogP contribution in [0.2, 0.25) is 0 Å². The Balaban J connectivity index is -0.0000000450. The first-order chi connectivity index (χ1) is 1.73. The Morgan fingerprint density at radius 3 is 1.60 bits per heavy atom. The molecular weight excluding hydrogens is 83.0 g/mol. The van der Waals surface area contributed by atoms with Gasteiger partial charge in [0.25, 0.3) is 0 Å². The molecule has 0 amide bonds. The third-order valence-corrected chi connectivity index (χ3v) is 0. The van der Waals surface area contributed by atoms with E-state index in [0.717, 1.165) is 0 Å². The molecule has 0 aromatic rings. The van der Waals surface area contributed by atoms with Crippen LogP contribution in [0.5, 0.6) is 0 Å². The van der Waals surface area contributed by atoms with E-state index in [1.807, 2.05) is 0 Å². The fourth-order valence-electron chi connectivity index (χ4n) is 0. The van der Waals surface area contributed by atoms with Gasteiger partial charge in [0.2, 0.25) is 10.3 Å². The van der Waals surface area contributed by atoms with Gasteiger partial charge in [-0.3, -0.25) is 0 Å². The van der Waals surface area contributed by atoms with Crippen LogP contribution in [0.4, 0.5) is 0 Å². The maximum atomic E-state index is 8.89. The topological polar surface area (TPSA) is 34.1 Å². The van der Waals surface area contributed by atoms with E-state index in [1.165, 1.54) is 0 Å². The van der Waals surface area contributed by atoms with E-state index in [-0.39, 0.29) is 20.3 Å². The minimum absolute atomic E-state index is 0. The van der Waals surface area contributed by atoms with Crippen LogP contribution in [0.15, 0.2) is 0 Å². The van der Waals surface area contributed by atoms with Gasteiger partial charge in [0.05, 0.1) is 0 Å². The van der Waals surface area contributed by atoms with Crippen molar-refractivity contribution in [1.29, 1.82) is 0 Å². The van der Waals surface area contributed by atoms with Crippen molar-refractivity contribution < 1.29 is 28.7 Å². The molecule has 0 N–H and O–H groups in total. The second-order valence-corrected chi connectivity index (χ2v) is 0.911. The van der Waals surface area contributed by atoms with Gasteiger partial charge in [-0.1, -0.05) is 0 Å². The van der Waals surface area contributed by atoms with Crippen molar-refractivity contribution in [3.8, 4) is 0 Å². The number of hydrogen-bond donors (Lipinski definition) is 0. The van der Waals surface area contributed by atoms with Gasteiger partial charge in [0, 0.05) is 5.87 Å². The van der Waals surface area contributed by atoms with Gasteiger partial charge in [0.15, 0.2) is 0 Å². The van der Waals surface area contributed by atoms with Crippen LogP contribution < -0.4 is 18.9 Å². The molecule has 0 rings (SSSR count). The van der Waals surface area contributed by atoms with Gasteiger partial charge in [0.1, 0.15) is 0 Å². The van der Waals surface area contributed by atoms with E-state index in [0.29, 0.717) is 0 Å². The minimum atomic E-state index is -2.11. The molecule has 0 aromatic heterocycles. The molecule has 0 aromatic carbocycles. The summed E-state index contributed by atoms with van der Waals surface area (Å²) in [6, 6.07) is 0. The average molecular weight is 86.0 g/mol. The van der Waals surface area contributed by atoms with E-state index in [4.69, 9.17) is 8.42 Å². The van der Waals surface area contributed by atoms with Crippen molar-refractivity contribution in [3.63, 3.8) is 0 Å². The summed E-state index contributed by atoms with van der Waals surface area (Å²) < 4.78 is 17.8.